The minimum atomic E-state index is -0.536. The number of para-hydroxylation sites is 1. The van der Waals surface area contributed by atoms with Crippen LogP contribution in [0, 0.1) is 11.3 Å². The van der Waals surface area contributed by atoms with E-state index in [1.165, 1.54) is 22.3 Å². The van der Waals surface area contributed by atoms with Crippen LogP contribution < -0.4 is 4.74 Å². The Morgan fingerprint density at radius 2 is 1.05 bits per heavy atom. The number of hydrogen-bond donors (Lipinski definition) is 0. The number of nitriles is 1. The summed E-state index contributed by atoms with van der Waals surface area (Å²) in [6.07, 6.45) is 5.74. The number of aromatic nitrogens is 3. The second-order valence-corrected chi connectivity index (χ2v) is 14.8. The highest BCUT2D eigenvalue weighted by atomic mass is 16.5. The van der Waals surface area contributed by atoms with Crippen LogP contribution in [0.5, 0.6) is 5.75 Å². The third-order valence-electron chi connectivity index (χ3n) is 11.5. The molecule has 0 amide bonds. The molecule has 1 atom stereocenters. The lowest BCUT2D eigenvalue weighted by Gasteiger charge is -2.39. The first-order chi connectivity index (χ1) is 29.0. The van der Waals surface area contributed by atoms with Gasteiger partial charge in [0.15, 0.2) is 17.5 Å². The molecule has 1 aromatic heterocycles. The van der Waals surface area contributed by atoms with Crippen molar-refractivity contribution in [1.82, 2.24) is 15.0 Å². The normalized spacial score (nSPS) is 15.0. The molecule has 1 spiro atoms. The van der Waals surface area contributed by atoms with Crippen LogP contribution in [-0.4, -0.2) is 15.0 Å². The van der Waals surface area contributed by atoms with E-state index < -0.39 is 5.41 Å². The third kappa shape index (κ3) is 5.98. The largest absolute Gasteiger partial charge is 0.457 e. The summed E-state index contributed by atoms with van der Waals surface area (Å²) in [6, 6.07) is 60.5. The highest BCUT2D eigenvalue weighted by molar-refractivity contribution is 5.89. The number of allylic oxidation sites excluding steroid dienone is 4. The van der Waals surface area contributed by atoms with Crippen molar-refractivity contribution >= 4 is 0 Å². The van der Waals surface area contributed by atoms with E-state index in [1.54, 1.807) is 6.08 Å². The standard InChI is InChI=1S/C54H36N4O/c1-3-4-20-49-35(2)54(47-19-10-11-21-50(47)59-49)46-18-9-8-17-44(46)45-31-30-43(33-48(45)54)38-24-28-41(29-25-38)53-57-51(39-14-6-5-7-15-39)56-52(58-53)40-26-22-37(23-27-40)42-16-12-13-36(32-42)34-55/h3-33H,1H2,2H3/b20-4-. The molecule has 1 aliphatic heterocycles. The molecule has 7 aromatic carbocycles. The monoisotopic (exact) mass is 756 g/mol. The molecule has 2 heterocycles. The number of fused-ring (bicyclic) bond motifs is 7. The molecule has 0 saturated heterocycles. The Labute approximate surface area is 343 Å². The van der Waals surface area contributed by atoms with E-state index in [2.05, 4.69) is 105 Å². The lowest BCUT2D eigenvalue weighted by atomic mass is 9.66. The van der Waals surface area contributed by atoms with Crippen molar-refractivity contribution < 1.29 is 4.74 Å². The smallest absolute Gasteiger partial charge is 0.164 e. The molecule has 1 aliphatic carbocycles. The van der Waals surface area contributed by atoms with Gasteiger partial charge in [-0.05, 0) is 87.3 Å². The molecule has 0 saturated carbocycles. The number of hydrogen-bond acceptors (Lipinski definition) is 5. The van der Waals surface area contributed by atoms with Gasteiger partial charge in [0.1, 0.15) is 11.5 Å². The predicted molar refractivity (Wildman–Crippen MR) is 236 cm³/mol. The fourth-order valence-corrected chi connectivity index (χ4v) is 8.66. The van der Waals surface area contributed by atoms with Crippen molar-refractivity contribution in [2.24, 2.45) is 0 Å². The van der Waals surface area contributed by atoms with Gasteiger partial charge in [-0.1, -0.05) is 164 Å². The molecule has 1 unspecified atom stereocenters. The zero-order valence-electron chi connectivity index (χ0n) is 32.3. The molecule has 59 heavy (non-hydrogen) atoms. The van der Waals surface area contributed by atoms with E-state index in [9.17, 15) is 5.26 Å². The van der Waals surface area contributed by atoms with Crippen molar-refractivity contribution in [1.29, 1.82) is 5.26 Å². The van der Waals surface area contributed by atoms with Crippen LogP contribution in [0.15, 0.2) is 206 Å². The van der Waals surface area contributed by atoms with Gasteiger partial charge in [0, 0.05) is 22.3 Å². The van der Waals surface area contributed by atoms with E-state index in [-0.39, 0.29) is 0 Å². The first kappa shape index (κ1) is 35.5. The van der Waals surface area contributed by atoms with Crippen molar-refractivity contribution in [3.05, 3.63) is 228 Å². The zero-order chi connectivity index (χ0) is 39.9. The Morgan fingerprint density at radius 3 is 1.71 bits per heavy atom. The highest BCUT2D eigenvalue weighted by Crippen LogP contribution is 2.60. The fraction of sp³-hybridized carbons (Fsp3) is 0.0370. The minimum absolute atomic E-state index is 0.536. The number of rotatable bonds is 7. The summed E-state index contributed by atoms with van der Waals surface area (Å²) < 4.78 is 6.56. The molecule has 0 fully saturated rings. The molecule has 5 nitrogen and oxygen atoms in total. The molecule has 0 N–H and O–H groups in total. The average Bonchev–Trinajstić information content (AvgIpc) is 3.60. The lowest BCUT2D eigenvalue weighted by molar-refractivity contribution is 0.399. The van der Waals surface area contributed by atoms with Crippen molar-refractivity contribution in [3.63, 3.8) is 0 Å². The summed E-state index contributed by atoms with van der Waals surface area (Å²) in [6.45, 7) is 6.11. The van der Waals surface area contributed by atoms with Crippen molar-refractivity contribution in [3.8, 4) is 79.4 Å². The van der Waals surface area contributed by atoms with Gasteiger partial charge in [0.05, 0.1) is 17.0 Å². The van der Waals surface area contributed by atoms with Gasteiger partial charge in [-0.25, -0.2) is 15.0 Å². The Hall–Kier alpha value is -7.94. The number of benzene rings is 7. The Morgan fingerprint density at radius 1 is 0.525 bits per heavy atom. The van der Waals surface area contributed by atoms with Gasteiger partial charge in [-0.3, -0.25) is 0 Å². The first-order valence-corrected chi connectivity index (χ1v) is 19.6. The summed E-state index contributed by atoms with van der Waals surface area (Å²) in [4.78, 5) is 15.0. The minimum Gasteiger partial charge on any atom is -0.457 e. The second kappa shape index (κ2) is 14.5. The summed E-state index contributed by atoms with van der Waals surface area (Å²) in [7, 11) is 0. The van der Waals surface area contributed by atoms with Crippen LogP contribution in [0.1, 0.15) is 29.2 Å². The maximum Gasteiger partial charge on any atom is 0.164 e. The Bertz CT molecular complexity index is 3050. The van der Waals surface area contributed by atoms with Crippen LogP contribution in [0.2, 0.25) is 0 Å². The summed E-state index contributed by atoms with van der Waals surface area (Å²) in [5, 5.41) is 9.41. The van der Waals surface area contributed by atoms with Crippen LogP contribution >= 0.6 is 0 Å². The van der Waals surface area contributed by atoms with Gasteiger partial charge in [0.2, 0.25) is 0 Å². The van der Waals surface area contributed by atoms with Crippen LogP contribution in [0.4, 0.5) is 0 Å². The van der Waals surface area contributed by atoms with E-state index in [1.807, 2.05) is 97.1 Å². The molecule has 5 heteroatoms. The highest BCUT2D eigenvalue weighted by Gasteiger charge is 2.50. The summed E-state index contributed by atoms with van der Waals surface area (Å²) in [5.74, 6) is 3.46. The molecular weight excluding hydrogens is 721 g/mol. The van der Waals surface area contributed by atoms with Crippen LogP contribution in [0.3, 0.4) is 0 Å². The number of nitrogens with zero attached hydrogens (tertiary/aromatic N) is 4. The fourth-order valence-electron chi connectivity index (χ4n) is 8.66. The van der Waals surface area contributed by atoms with Crippen molar-refractivity contribution in [2.75, 3.05) is 0 Å². The molecule has 0 radical (unpaired) electrons. The van der Waals surface area contributed by atoms with Crippen LogP contribution in [-0.2, 0) is 5.41 Å². The molecule has 8 aromatic rings. The molecule has 278 valence electrons. The van der Waals surface area contributed by atoms with Gasteiger partial charge in [0.25, 0.3) is 0 Å². The second-order valence-electron chi connectivity index (χ2n) is 14.8. The van der Waals surface area contributed by atoms with Gasteiger partial charge in [-0.15, -0.1) is 0 Å². The van der Waals surface area contributed by atoms with E-state index >= 15 is 0 Å². The zero-order valence-corrected chi connectivity index (χ0v) is 32.3. The first-order valence-electron chi connectivity index (χ1n) is 19.6. The third-order valence-corrected chi connectivity index (χ3v) is 11.5. The maximum absolute atomic E-state index is 9.41. The topological polar surface area (TPSA) is 71.7 Å². The van der Waals surface area contributed by atoms with E-state index in [0.29, 0.717) is 23.0 Å². The Balaban J connectivity index is 1.06. The summed E-state index contributed by atoms with van der Waals surface area (Å²) >= 11 is 0. The quantitative estimate of drug-likeness (QED) is 0.151. The average molecular weight is 757 g/mol. The molecule has 10 rings (SSSR count). The molecule has 0 bridgehead atoms. The maximum atomic E-state index is 9.41. The van der Waals surface area contributed by atoms with Gasteiger partial charge in [-0.2, -0.15) is 5.26 Å². The van der Waals surface area contributed by atoms with Crippen molar-refractivity contribution in [2.45, 2.75) is 12.3 Å². The van der Waals surface area contributed by atoms with E-state index in [0.717, 1.165) is 61.6 Å². The predicted octanol–water partition coefficient (Wildman–Crippen LogP) is 12.8. The van der Waals surface area contributed by atoms with Gasteiger partial charge < -0.3 is 4.74 Å². The SMILES string of the molecule is C=C/C=C\C1=C(C)C2(c3ccccc3O1)c1ccccc1-c1ccc(-c3ccc(-c4nc(-c5ccccc5)nc(-c5ccc(-c6cccc(C#N)c6)cc5)n4)cc3)cc12. The molecular formula is C54H36N4O. The molecule has 2 aliphatic rings. The number of ether oxygens (including phenoxy) is 1. The van der Waals surface area contributed by atoms with E-state index in [4.69, 9.17) is 19.7 Å². The lowest BCUT2D eigenvalue weighted by Crippen LogP contribution is -2.33. The Kier molecular flexibility index (Phi) is 8.74. The summed E-state index contributed by atoms with van der Waals surface area (Å²) in [5.41, 5.74) is 14.2. The van der Waals surface area contributed by atoms with Gasteiger partial charge >= 0.3 is 0 Å². The van der Waals surface area contributed by atoms with Crippen LogP contribution in [0.25, 0.3) is 67.5 Å².